The Morgan fingerprint density at radius 3 is 2.34 bits per heavy atom. The van der Waals surface area contributed by atoms with Crippen molar-refractivity contribution in [2.75, 3.05) is 44.2 Å². The highest BCUT2D eigenvalue weighted by atomic mass is 19.1. The molecule has 2 aromatic carbocycles. The third-order valence-corrected chi connectivity index (χ3v) is 6.74. The Bertz CT molecular complexity index is 847. The second-order valence-corrected chi connectivity index (χ2v) is 8.96. The van der Waals surface area contributed by atoms with Crippen molar-refractivity contribution in [3.8, 4) is 5.75 Å². The summed E-state index contributed by atoms with van der Waals surface area (Å²) in [5, 5.41) is 3.13. The van der Waals surface area contributed by atoms with Crippen LogP contribution in [0.5, 0.6) is 5.75 Å². The highest BCUT2D eigenvalue weighted by Gasteiger charge is 2.24. The van der Waals surface area contributed by atoms with E-state index in [0.717, 1.165) is 62.9 Å². The molecule has 1 N–H and O–H groups in total. The number of nitrogens with one attached hydrogen (secondary N) is 1. The maximum atomic E-state index is 14.0. The van der Waals surface area contributed by atoms with Gasteiger partial charge in [0.1, 0.15) is 11.6 Å². The number of para-hydroxylation sites is 2. The predicted octanol–water partition coefficient (Wildman–Crippen LogP) is 4.09. The Balaban J connectivity index is 1.10. The maximum absolute atomic E-state index is 14.0. The normalized spacial score (nSPS) is 21.8. The van der Waals surface area contributed by atoms with Gasteiger partial charge in [-0.2, -0.15) is 0 Å². The Morgan fingerprint density at radius 1 is 0.938 bits per heavy atom. The van der Waals surface area contributed by atoms with Crippen molar-refractivity contribution in [1.29, 1.82) is 0 Å². The standard InChI is InChI=1S/C26H34FN3O2/c27-24-8-4-5-9-25(24)30-18-16-29(17-19-30)15-14-21-10-12-22(13-11-21)28-26(31)20-32-23-6-2-1-3-7-23/h1-9,21-22H,10-20H2,(H,28,31). The number of nitrogens with zero attached hydrogens (tertiary/aromatic N) is 2. The smallest absolute Gasteiger partial charge is 0.258 e. The average Bonchev–Trinajstić information content (AvgIpc) is 2.84. The highest BCUT2D eigenvalue weighted by Crippen LogP contribution is 2.27. The van der Waals surface area contributed by atoms with E-state index >= 15 is 0 Å². The van der Waals surface area contributed by atoms with E-state index in [1.54, 1.807) is 6.07 Å². The molecule has 0 unspecified atom stereocenters. The minimum Gasteiger partial charge on any atom is -0.484 e. The molecule has 0 bridgehead atoms. The summed E-state index contributed by atoms with van der Waals surface area (Å²) in [7, 11) is 0. The molecule has 0 spiro atoms. The summed E-state index contributed by atoms with van der Waals surface area (Å²) >= 11 is 0. The van der Waals surface area contributed by atoms with E-state index in [2.05, 4.69) is 15.1 Å². The van der Waals surface area contributed by atoms with Gasteiger partial charge in [-0.05, 0) is 68.8 Å². The van der Waals surface area contributed by atoms with E-state index in [1.807, 2.05) is 42.5 Å². The van der Waals surface area contributed by atoms with E-state index in [4.69, 9.17) is 4.74 Å². The van der Waals surface area contributed by atoms with Crippen LogP contribution < -0.4 is 15.0 Å². The lowest BCUT2D eigenvalue weighted by Gasteiger charge is -2.37. The fraction of sp³-hybridized carbons (Fsp3) is 0.500. The number of ether oxygens (including phenoxy) is 1. The molecule has 1 amide bonds. The van der Waals surface area contributed by atoms with E-state index in [9.17, 15) is 9.18 Å². The van der Waals surface area contributed by atoms with Gasteiger partial charge in [-0.1, -0.05) is 30.3 Å². The molecule has 32 heavy (non-hydrogen) atoms. The highest BCUT2D eigenvalue weighted by molar-refractivity contribution is 5.77. The molecule has 1 aliphatic heterocycles. The van der Waals surface area contributed by atoms with Gasteiger partial charge in [0.2, 0.25) is 0 Å². The summed E-state index contributed by atoms with van der Waals surface area (Å²) in [6.07, 6.45) is 5.63. The molecule has 1 saturated heterocycles. The van der Waals surface area contributed by atoms with E-state index in [1.165, 1.54) is 25.3 Å². The largest absolute Gasteiger partial charge is 0.484 e. The molecule has 4 rings (SSSR count). The molecule has 5 nitrogen and oxygen atoms in total. The Hall–Kier alpha value is -2.60. The van der Waals surface area contributed by atoms with Crippen LogP contribution in [0.3, 0.4) is 0 Å². The number of hydrogen-bond acceptors (Lipinski definition) is 4. The van der Waals surface area contributed by atoms with Gasteiger partial charge in [-0.25, -0.2) is 4.39 Å². The lowest BCUT2D eigenvalue weighted by atomic mass is 9.84. The number of amides is 1. The zero-order valence-corrected chi connectivity index (χ0v) is 18.7. The van der Waals surface area contributed by atoms with Crippen LogP contribution in [0, 0.1) is 11.7 Å². The minimum atomic E-state index is -0.128. The van der Waals surface area contributed by atoms with Crippen LogP contribution >= 0.6 is 0 Å². The van der Waals surface area contributed by atoms with Gasteiger partial charge in [0.25, 0.3) is 5.91 Å². The Kier molecular flexibility index (Phi) is 7.99. The van der Waals surface area contributed by atoms with Crippen molar-refractivity contribution in [1.82, 2.24) is 10.2 Å². The van der Waals surface area contributed by atoms with E-state index < -0.39 is 0 Å². The summed E-state index contributed by atoms with van der Waals surface area (Å²) in [6.45, 7) is 4.92. The third-order valence-electron chi connectivity index (χ3n) is 6.74. The van der Waals surface area contributed by atoms with Crippen LogP contribution in [-0.2, 0) is 4.79 Å². The van der Waals surface area contributed by atoms with Crippen molar-refractivity contribution < 1.29 is 13.9 Å². The van der Waals surface area contributed by atoms with Crippen LogP contribution in [0.2, 0.25) is 0 Å². The van der Waals surface area contributed by atoms with Gasteiger partial charge in [0, 0.05) is 32.2 Å². The van der Waals surface area contributed by atoms with Crippen molar-refractivity contribution in [2.24, 2.45) is 5.92 Å². The number of benzene rings is 2. The van der Waals surface area contributed by atoms with Gasteiger partial charge in [0.15, 0.2) is 6.61 Å². The molecule has 2 aliphatic rings. The molecule has 0 aromatic heterocycles. The summed E-state index contributed by atoms with van der Waals surface area (Å²) in [5.74, 6) is 1.29. The number of carbonyl (C=O) groups is 1. The number of hydrogen-bond donors (Lipinski definition) is 1. The quantitative estimate of drug-likeness (QED) is 0.673. The van der Waals surface area contributed by atoms with Gasteiger partial charge >= 0.3 is 0 Å². The van der Waals surface area contributed by atoms with Gasteiger partial charge in [-0.15, -0.1) is 0 Å². The van der Waals surface area contributed by atoms with Crippen molar-refractivity contribution >= 4 is 11.6 Å². The fourth-order valence-electron chi connectivity index (χ4n) is 4.82. The van der Waals surface area contributed by atoms with E-state index in [-0.39, 0.29) is 24.4 Å². The summed E-state index contributed by atoms with van der Waals surface area (Å²) in [5.41, 5.74) is 0.724. The molecular weight excluding hydrogens is 405 g/mol. The molecule has 1 saturated carbocycles. The van der Waals surface area contributed by atoms with Gasteiger partial charge < -0.3 is 15.0 Å². The van der Waals surface area contributed by atoms with Gasteiger partial charge in [0.05, 0.1) is 5.69 Å². The molecule has 0 atom stereocenters. The number of halogens is 1. The second-order valence-electron chi connectivity index (χ2n) is 8.96. The van der Waals surface area contributed by atoms with Crippen LogP contribution in [-0.4, -0.2) is 56.2 Å². The molecule has 1 aliphatic carbocycles. The van der Waals surface area contributed by atoms with Crippen LogP contribution in [0.4, 0.5) is 10.1 Å². The molecule has 172 valence electrons. The summed E-state index contributed by atoms with van der Waals surface area (Å²) < 4.78 is 19.5. The summed E-state index contributed by atoms with van der Waals surface area (Å²) in [4.78, 5) is 16.8. The number of rotatable bonds is 8. The monoisotopic (exact) mass is 439 g/mol. The molecule has 1 heterocycles. The number of carbonyl (C=O) groups excluding carboxylic acids is 1. The zero-order valence-electron chi connectivity index (χ0n) is 18.7. The molecule has 2 aromatic rings. The molecular formula is C26H34FN3O2. The number of anilines is 1. The first kappa shape index (κ1) is 22.6. The number of piperazine rings is 1. The van der Waals surface area contributed by atoms with E-state index in [0.29, 0.717) is 0 Å². The Labute approximate surface area is 190 Å². The first-order chi connectivity index (χ1) is 15.7. The first-order valence-electron chi connectivity index (χ1n) is 11.9. The van der Waals surface area contributed by atoms with Crippen molar-refractivity contribution in [3.05, 3.63) is 60.4 Å². The van der Waals surface area contributed by atoms with Gasteiger partial charge in [-0.3, -0.25) is 9.69 Å². The molecule has 6 heteroatoms. The minimum absolute atomic E-state index is 0.0370. The predicted molar refractivity (Wildman–Crippen MR) is 125 cm³/mol. The Morgan fingerprint density at radius 2 is 1.62 bits per heavy atom. The molecule has 2 fully saturated rings. The van der Waals surface area contributed by atoms with Crippen LogP contribution in [0.25, 0.3) is 0 Å². The first-order valence-corrected chi connectivity index (χ1v) is 11.9. The summed E-state index contributed by atoms with van der Waals surface area (Å²) in [6, 6.07) is 16.8. The lowest BCUT2D eigenvalue weighted by Crippen LogP contribution is -2.47. The topological polar surface area (TPSA) is 44.8 Å². The third kappa shape index (κ3) is 6.45. The lowest BCUT2D eigenvalue weighted by molar-refractivity contribution is -0.124. The van der Waals surface area contributed by atoms with Crippen LogP contribution in [0.15, 0.2) is 54.6 Å². The zero-order chi connectivity index (χ0) is 22.2. The average molecular weight is 440 g/mol. The fourth-order valence-corrected chi connectivity index (χ4v) is 4.82. The molecule has 0 radical (unpaired) electrons. The van der Waals surface area contributed by atoms with Crippen molar-refractivity contribution in [2.45, 2.75) is 38.1 Å². The SMILES string of the molecule is O=C(COc1ccccc1)NC1CCC(CCN2CCN(c3ccccc3F)CC2)CC1. The van der Waals surface area contributed by atoms with Crippen molar-refractivity contribution in [3.63, 3.8) is 0 Å². The van der Waals surface area contributed by atoms with Crippen LogP contribution in [0.1, 0.15) is 32.1 Å². The maximum Gasteiger partial charge on any atom is 0.258 e. The second kappa shape index (κ2) is 11.3.